The van der Waals surface area contributed by atoms with Crippen molar-refractivity contribution >= 4 is 25.7 Å². The molecule has 0 aliphatic heterocycles. The quantitative estimate of drug-likeness (QED) is 0.826. The highest BCUT2D eigenvalue weighted by atomic mass is 35.7. The highest BCUT2D eigenvalue weighted by molar-refractivity contribution is 8.13. The molecule has 0 heterocycles. The fourth-order valence-electron chi connectivity index (χ4n) is 1.29. The molecule has 2 aromatic carbocycles. The minimum atomic E-state index is -3.68. The van der Waals surface area contributed by atoms with Crippen LogP contribution in [0.5, 0.6) is 11.5 Å². The number of rotatable bonds is 4. The molecule has 0 aliphatic carbocycles. The first-order chi connectivity index (χ1) is 10.3. The molecule has 6 nitrogen and oxygen atoms in total. The van der Waals surface area contributed by atoms with E-state index in [1.807, 2.05) is 30.3 Å². The van der Waals surface area contributed by atoms with Gasteiger partial charge in [0, 0.05) is 10.7 Å². The number of halogens is 1. The lowest BCUT2D eigenvalue weighted by Gasteiger charge is -2.05. The van der Waals surface area contributed by atoms with Crippen LogP contribution < -0.4 is 10.5 Å². The molecule has 0 atom stereocenters. The molecule has 0 saturated carbocycles. The van der Waals surface area contributed by atoms with E-state index in [1.54, 1.807) is 12.1 Å². The summed E-state index contributed by atoms with van der Waals surface area (Å²) in [4.78, 5) is 9.30. The Morgan fingerprint density at radius 2 is 1.50 bits per heavy atom. The summed E-state index contributed by atoms with van der Waals surface area (Å²) in [7, 11) is 1.53. The van der Waals surface area contributed by atoms with Crippen molar-refractivity contribution in [1.82, 2.24) is 0 Å². The predicted molar refractivity (Wildman–Crippen MR) is 82.7 cm³/mol. The first kappa shape index (κ1) is 18.0. The molecule has 0 spiro atoms. The van der Waals surface area contributed by atoms with E-state index >= 15 is 0 Å². The van der Waals surface area contributed by atoms with Crippen LogP contribution in [0.15, 0.2) is 59.5 Å². The van der Waals surface area contributed by atoms with Gasteiger partial charge in [0.2, 0.25) is 0 Å². The summed E-state index contributed by atoms with van der Waals surface area (Å²) in [5, 5.41) is 7.60. The maximum atomic E-state index is 11.0. The number of para-hydroxylation sites is 1. The van der Waals surface area contributed by atoms with E-state index in [1.165, 1.54) is 12.1 Å². The summed E-state index contributed by atoms with van der Waals surface area (Å²) in [5.41, 5.74) is 4.57. The van der Waals surface area contributed by atoms with Crippen LogP contribution in [0.1, 0.15) is 0 Å². The average molecular weight is 344 g/mol. The van der Waals surface area contributed by atoms with Crippen molar-refractivity contribution in [1.29, 1.82) is 0 Å². The van der Waals surface area contributed by atoms with E-state index in [9.17, 15) is 13.2 Å². The highest BCUT2D eigenvalue weighted by Gasteiger charge is 2.09. The normalized spacial score (nSPS) is 10.3. The fourth-order valence-corrected chi connectivity index (χ4v) is 2.06. The summed E-state index contributed by atoms with van der Waals surface area (Å²) in [6.07, 6.45) is 0. The van der Waals surface area contributed by atoms with Crippen molar-refractivity contribution < 1.29 is 23.1 Å². The molecular formula is C14H14ClNO5S. The molecule has 2 aromatic rings. The lowest BCUT2D eigenvalue weighted by Crippen LogP contribution is -2.10. The molecule has 118 valence electrons. The van der Waals surface area contributed by atoms with E-state index in [0.717, 1.165) is 0 Å². The zero-order valence-electron chi connectivity index (χ0n) is 11.3. The lowest BCUT2D eigenvalue weighted by atomic mass is 10.3. The van der Waals surface area contributed by atoms with Crippen LogP contribution in [-0.4, -0.2) is 26.0 Å². The van der Waals surface area contributed by atoms with E-state index < -0.39 is 15.0 Å². The molecule has 0 aromatic heterocycles. The van der Waals surface area contributed by atoms with Crippen LogP contribution >= 0.6 is 10.7 Å². The molecule has 22 heavy (non-hydrogen) atoms. The number of carboxylic acids is 1. The minimum Gasteiger partial charge on any atom is -0.480 e. The summed E-state index contributed by atoms with van der Waals surface area (Å²) < 4.78 is 27.6. The zero-order chi connectivity index (χ0) is 16.6. The van der Waals surface area contributed by atoms with Gasteiger partial charge in [-0.1, -0.05) is 18.2 Å². The zero-order valence-corrected chi connectivity index (χ0v) is 12.9. The highest BCUT2D eigenvalue weighted by Crippen LogP contribution is 2.23. The Balaban J connectivity index is 0.000000422. The number of carboxylic acid groups (broad SMARTS) is 1. The van der Waals surface area contributed by atoms with E-state index in [0.29, 0.717) is 11.5 Å². The Labute approximate surface area is 132 Å². The Kier molecular flexibility index (Phi) is 6.84. The van der Waals surface area contributed by atoms with Gasteiger partial charge in [-0.05, 0) is 36.4 Å². The second-order valence-corrected chi connectivity index (χ2v) is 6.49. The summed E-state index contributed by atoms with van der Waals surface area (Å²) in [6.45, 7) is -0.278. The van der Waals surface area contributed by atoms with Gasteiger partial charge >= 0.3 is 5.97 Å². The molecule has 0 saturated heterocycles. The van der Waals surface area contributed by atoms with E-state index in [4.69, 9.17) is 20.5 Å². The molecular weight excluding hydrogens is 330 g/mol. The lowest BCUT2D eigenvalue weighted by molar-refractivity contribution is -0.135. The second-order valence-electron chi connectivity index (χ2n) is 3.92. The topological polar surface area (TPSA) is 107 Å². The van der Waals surface area contributed by atoms with Gasteiger partial charge in [-0.25, -0.2) is 8.42 Å². The summed E-state index contributed by atoms with van der Waals surface area (Å²) >= 11 is 0. The Morgan fingerprint density at radius 1 is 1.05 bits per heavy atom. The molecule has 8 heteroatoms. The van der Waals surface area contributed by atoms with Crippen LogP contribution in [0.4, 0.5) is 0 Å². The van der Waals surface area contributed by atoms with Crippen molar-refractivity contribution in [2.24, 2.45) is 5.73 Å². The monoisotopic (exact) mass is 343 g/mol. The molecule has 0 aliphatic rings. The van der Waals surface area contributed by atoms with Crippen molar-refractivity contribution in [3.8, 4) is 11.5 Å². The second kappa shape index (κ2) is 8.38. The first-order valence-electron chi connectivity index (χ1n) is 6.02. The number of nitrogens with two attached hydrogens (primary N) is 1. The third-order valence-corrected chi connectivity index (χ3v) is 3.63. The Bertz CT molecular complexity index is 702. The molecule has 0 fully saturated rings. The Morgan fingerprint density at radius 3 is 1.91 bits per heavy atom. The van der Waals surface area contributed by atoms with Crippen LogP contribution in [0.25, 0.3) is 0 Å². The number of aliphatic carboxylic acids is 1. The SMILES string of the molecule is NCC(=O)O.O=S(=O)(Cl)c1ccc(Oc2ccccc2)cc1. The largest absolute Gasteiger partial charge is 0.480 e. The molecule has 2 rings (SSSR count). The standard InChI is InChI=1S/C12H9ClO3S.C2H5NO2/c13-17(14,15)12-8-6-11(7-9-12)16-10-4-2-1-3-5-10;3-1-2(4)5/h1-9H;1,3H2,(H,4,5). The number of hydrogen-bond donors (Lipinski definition) is 2. The average Bonchev–Trinajstić information content (AvgIpc) is 2.48. The third-order valence-electron chi connectivity index (χ3n) is 2.26. The number of benzene rings is 2. The minimum absolute atomic E-state index is 0.0552. The number of carbonyl (C=O) groups is 1. The summed E-state index contributed by atoms with van der Waals surface area (Å²) in [5.74, 6) is 0.277. The molecule has 0 bridgehead atoms. The van der Waals surface area contributed by atoms with Gasteiger partial charge in [0.05, 0.1) is 11.4 Å². The van der Waals surface area contributed by atoms with E-state index in [2.05, 4.69) is 5.73 Å². The van der Waals surface area contributed by atoms with Gasteiger partial charge in [-0.2, -0.15) is 0 Å². The van der Waals surface area contributed by atoms with Gasteiger partial charge in [-0.3, -0.25) is 4.79 Å². The van der Waals surface area contributed by atoms with Crippen molar-refractivity contribution in [3.05, 3.63) is 54.6 Å². The summed E-state index contributed by atoms with van der Waals surface area (Å²) in [6, 6.07) is 15.1. The number of ether oxygens (including phenoxy) is 1. The first-order valence-corrected chi connectivity index (χ1v) is 8.33. The van der Waals surface area contributed by atoms with Crippen molar-refractivity contribution in [3.63, 3.8) is 0 Å². The molecule has 3 N–H and O–H groups in total. The van der Waals surface area contributed by atoms with Gasteiger partial charge in [0.15, 0.2) is 0 Å². The van der Waals surface area contributed by atoms with Crippen LogP contribution in [0.2, 0.25) is 0 Å². The maximum Gasteiger partial charge on any atom is 0.317 e. The van der Waals surface area contributed by atoms with Gasteiger partial charge in [0.1, 0.15) is 11.5 Å². The molecule has 0 amide bonds. The van der Waals surface area contributed by atoms with E-state index in [-0.39, 0.29) is 11.4 Å². The van der Waals surface area contributed by atoms with Crippen LogP contribution in [-0.2, 0) is 13.8 Å². The van der Waals surface area contributed by atoms with Gasteiger partial charge < -0.3 is 15.6 Å². The molecule has 0 unspecified atom stereocenters. The van der Waals surface area contributed by atoms with Crippen LogP contribution in [0.3, 0.4) is 0 Å². The number of hydrogen-bond acceptors (Lipinski definition) is 5. The molecule has 0 radical (unpaired) electrons. The third kappa shape index (κ3) is 6.57. The van der Waals surface area contributed by atoms with Gasteiger partial charge in [-0.15, -0.1) is 0 Å². The van der Waals surface area contributed by atoms with Gasteiger partial charge in [0.25, 0.3) is 9.05 Å². The predicted octanol–water partition coefficient (Wildman–Crippen LogP) is 2.44. The van der Waals surface area contributed by atoms with Crippen molar-refractivity contribution in [2.45, 2.75) is 4.90 Å². The smallest absolute Gasteiger partial charge is 0.317 e. The fraction of sp³-hybridized carbons (Fsp3) is 0.0714. The van der Waals surface area contributed by atoms with Crippen LogP contribution in [0, 0.1) is 0 Å². The van der Waals surface area contributed by atoms with Crippen molar-refractivity contribution in [2.75, 3.05) is 6.54 Å². The Hall–Kier alpha value is -2.09. The maximum absolute atomic E-state index is 11.0.